The molecule has 1 fully saturated rings. The van der Waals surface area contributed by atoms with Crippen molar-refractivity contribution in [1.29, 1.82) is 0 Å². The summed E-state index contributed by atoms with van der Waals surface area (Å²) in [5.74, 6) is -0.176. The van der Waals surface area contributed by atoms with Gasteiger partial charge in [-0.1, -0.05) is 29.8 Å². The minimum atomic E-state index is -0.176. The molecule has 0 radical (unpaired) electrons. The van der Waals surface area contributed by atoms with Crippen molar-refractivity contribution in [2.24, 2.45) is 0 Å². The standard InChI is InChI=1S/C15H20ClN3O3/c1-22-9-6-17-14(20)11-19-8-7-18(15(19)21)10-12-4-2-3-5-13(12)16/h2-5H,6-11H2,1H3,(H,17,20). The first-order valence-electron chi connectivity index (χ1n) is 7.14. The molecule has 0 aromatic heterocycles. The number of nitrogens with zero attached hydrogens (tertiary/aromatic N) is 2. The number of benzene rings is 1. The van der Waals surface area contributed by atoms with Crippen molar-refractivity contribution in [3.8, 4) is 0 Å². The molecule has 0 atom stereocenters. The Hall–Kier alpha value is -1.79. The molecular weight excluding hydrogens is 306 g/mol. The van der Waals surface area contributed by atoms with Crippen LogP contribution >= 0.6 is 11.6 Å². The van der Waals surface area contributed by atoms with Gasteiger partial charge in [0.1, 0.15) is 6.54 Å². The van der Waals surface area contributed by atoms with Gasteiger partial charge in [-0.05, 0) is 11.6 Å². The number of nitrogens with one attached hydrogen (secondary N) is 1. The summed E-state index contributed by atoms with van der Waals surface area (Å²) in [6.07, 6.45) is 0. The average molecular weight is 326 g/mol. The molecule has 22 heavy (non-hydrogen) atoms. The SMILES string of the molecule is COCCNC(=O)CN1CCN(Cc2ccccc2Cl)C1=O. The molecule has 1 aliphatic rings. The lowest BCUT2D eigenvalue weighted by Gasteiger charge is -2.19. The van der Waals surface area contributed by atoms with Crippen LogP contribution in [0.25, 0.3) is 0 Å². The summed E-state index contributed by atoms with van der Waals surface area (Å²) in [7, 11) is 1.57. The molecule has 1 aromatic rings. The van der Waals surface area contributed by atoms with Gasteiger partial charge in [-0.25, -0.2) is 4.79 Å². The van der Waals surface area contributed by atoms with Crippen LogP contribution < -0.4 is 5.32 Å². The van der Waals surface area contributed by atoms with Crippen molar-refractivity contribution in [2.75, 3.05) is 39.9 Å². The second kappa shape index (κ2) is 8.00. The third-order valence-corrected chi connectivity index (χ3v) is 3.83. The highest BCUT2D eigenvalue weighted by molar-refractivity contribution is 6.31. The van der Waals surface area contributed by atoms with Crippen molar-refractivity contribution < 1.29 is 14.3 Å². The summed E-state index contributed by atoms with van der Waals surface area (Å²) in [6, 6.07) is 7.31. The number of rotatable bonds is 7. The van der Waals surface area contributed by atoms with Crippen LogP contribution in [0.2, 0.25) is 5.02 Å². The Labute approximate surface area is 135 Å². The first kappa shape index (κ1) is 16.6. The Morgan fingerprint density at radius 1 is 1.32 bits per heavy atom. The van der Waals surface area contributed by atoms with Crippen LogP contribution in [0.15, 0.2) is 24.3 Å². The van der Waals surface area contributed by atoms with E-state index < -0.39 is 0 Å². The maximum atomic E-state index is 12.3. The molecule has 2 rings (SSSR count). The van der Waals surface area contributed by atoms with Crippen LogP contribution in [0, 0.1) is 0 Å². The van der Waals surface area contributed by atoms with Crippen LogP contribution in [0.3, 0.4) is 0 Å². The van der Waals surface area contributed by atoms with Crippen molar-refractivity contribution in [1.82, 2.24) is 15.1 Å². The summed E-state index contributed by atoms with van der Waals surface area (Å²) in [6.45, 7) is 2.57. The van der Waals surface area contributed by atoms with Crippen molar-refractivity contribution >= 4 is 23.5 Å². The average Bonchev–Trinajstić information content (AvgIpc) is 2.83. The molecular formula is C15H20ClN3O3. The van der Waals surface area contributed by atoms with Crippen molar-refractivity contribution in [3.05, 3.63) is 34.9 Å². The van der Waals surface area contributed by atoms with E-state index in [0.29, 0.717) is 37.8 Å². The van der Waals surface area contributed by atoms with Gasteiger partial charge in [-0.2, -0.15) is 0 Å². The van der Waals surface area contributed by atoms with Crippen molar-refractivity contribution in [3.63, 3.8) is 0 Å². The van der Waals surface area contributed by atoms with E-state index in [4.69, 9.17) is 16.3 Å². The van der Waals surface area contributed by atoms with Crippen LogP contribution in [0.4, 0.5) is 4.79 Å². The zero-order valence-electron chi connectivity index (χ0n) is 12.5. The third kappa shape index (κ3) is 4.35. The lowest BCUT2D eigenvalue weighted by Crippen LogP contribution is -2.40. The van der Waals surface area contributed by atoms with Gasteiger partial charge >= 0.3 is 6.03 Å². The monoisotopic (exact) mass is 325 g/mol. The number of amides is 3. The van der Waals surface area contributed by atoms with Gasteiger partial charge in [0.15, 0.2) is 0 Å². The normalized spacial score (nSPS) is 14.5. The Bertz CT molecular complexity index is 539. The van der Waals surface area contributed by atoms with Crippen LogP contribution in [-0.2, 0) is 16.1 Å². The molecule has 0 saturated carbocycles. The van der Waals surface area contributed by atoms with E-state index in [0.717, 1.165) is 5.56 Å². The maximum Gasteiger partial charge on any atom is 0.320 e. The molecule has 6 nitrogen and oxygen atoms in total. The Balaban J connectivity index is 1.85. The van der Waals surface area contributed by atoms with Gasteiger partial charge < -0.3 is 19.9 Å². The van der Waals surface area contributed by atoms with Gasteiger partial charge in [0.2, 0.25) is 5.91 Å². The summed E-state index contributed by atoms with van der Waals surface area (Å²) < 4.78 is 4.86. The lowest BCUT2D eigenvalue weighted by atomic mass is 10.2. The maximum absolute atomic E-state index is 12.3. The number of ether oxygens (including phenoxy) is 1. The zero-order chi connectivity index (χ0) is 15.9. The van der Waals surface area contributed by atoms with E-state index in [1.54, 1.807) is 23.0 Å². The quantitative estimate of drug-likeness (QED) is 0.770. The number of halogens is 1. The molecule has 1 heterocycles. The molecule has 1 saturated heterocycles. The Morgan fingerprint density at radius 2 is 2.05 bits per heavy atom. The molecule has 1 aliphatic heterocycles. The summed E-state index contributed by atoms with van der Waals surface area (Å²) in [5, 5.41) is 3.35. The first-order valence-corrected chi connectivity index (χ1v) is 7.52. The molecule has 0 aliphatic carbocycles. The Morgan fingerprint density at radius 3 is 2.77 bits per heavy atom. The zero-order valence-corrected chi connectivity index (χ0v) is 13.3. The molecule has 1 N–H and O–H groups in total. The molecule has 0 unspecified atom stereocenters. The summed E-state index contributed by atoms with van der Waals surface area (Å²) in [4.78, 5) is 27.3. The van der Waals surface area contributed by atoms with Gasteiger partial charge in [-0.3, -0.25) is 4.79 Å². The van der Waals surface area contributed by atoms with E-state index >= 15 is 0 Å². The topological polar surface area (TPSA) is 61.9 Å². The van der Waals surface area contributed by atoms with E-state index in [2.05, 4.69) is 5.32 Å². The highest BCUT2D eigenvalue weighted by Crippen LogP contribution is 2.19. The van der Waals surface area contributed by atoms with Crippen LogP contribution in [-0.4, -0.2) is 61.6 Å². The smallest absolute Gasteiger partial charge is 0.320 e. The van der Waals surface area contributed by atoms with E-state index in [1.807, 2.05) is 18.2 Å². The van der Waals surface area contributed by atoms with Gasteiger partial charge in [0.25, 0.3) is 0 Å². The van der Waals surface area contributed by atoms with Crippen LogP contribution in [0.1, 0.15) is 5.56 Å². The van der Waals surface area contributed by atoms with E-state index in [1.165, 1.54) is 0 Å². The molecule has 120 valence electrons. The van der Waals surface area contributed by atoms with Crippen molar-refractivity contribution in [2.45, 2.75) is 6.54 Å². The fourth-order valence-corrected chi connectivity index (χ4v) is 2.48. The molecule has 0 spiro atoms. The minimum Gasteiger partial charge on any atom is -0.383 e. The highest BCUT2D eigenvalue weighted by Gasteiger charge is 2.29. The predicted octanol–water partition coefficient (Wildman–Crippen LogP) is 1.34. The number of hydrogen-bond donors (Lipinski definition) is 1. The molecule has 0 bridgehead atoms. The Kier molecular flexibility index (Phi) is 6.03. The van der Waals surface area contributed by atoms with Gasteiger partial charge in [0.05, 0.1) is 6.61 Å². The second-order valence-corrected chi connectivity index (χ2v) is 5.47. The summed E-state index contributed by atoms with van der Waals surface area (Å²) >= 11 is 6.11. The fraction of sp³-hybridized carbons (Fsp3) is 0.467. The van der Waals surface area contributed by atoms with E-state index in [-0.39, 0.29) is 18.5 Å². The van der Waals surface area contributed by atoms with Gasteiger partial charge in [-0.15, -0.1) is 0 Å². The minimum absolute atomic E-state index is 0.0710. The number of carbonyl (C=O) groups is 2. The third-order valence-electron chi connectivity index (χ3n) is 3.46. The number of carbonyl (C=O) groups excluding carboxylic acids is 2. The number of urea groups is 1. The summed E-state index contributed by atoms with van der Waals surface area (Å²) in [5.41, 5.74) is 0.906. The fourth-order valence-electron chi connectivity index (χ4n) is 2.28. The molecule has 7 heteroatoms. The molecule has 3 amide bonds. The van der Waals surface area contributed by atoms with Crippen LogP contribution in [0.5, 0.6) is 0 Å². The number of methoxy groups -OCH3 is 1. The lowest BCUT2D eigenvalue weighted by molar-refractivity contribution is -0.121. The second-order valence-electron chi connectivity index (χ2n) is 5.06. The first-order chi connectivity index (χ1) is 10.6. The largest absolute Gasteiger partial charge is 0.383 e. The van der Waals surface area contributed by atoms with Gasteiger partial charge in [0, 0.05) is 38.3 Å². The van der Waals surface area contributed by atoms with E-state index in [9.17, 15) is 9.59 Å². The predicted molar refractivity (Wildman–Crippen MR) is 83.7 cm³/mol. The molecule has 1 aromatic carbocycles. The number of hydrogen-bond acceptors (Lipinski definition) is 3. The highest BCUT2D eigenvalue weighted by atomic mass is 35.5.